The first-order chi connectivity index (χ1) is 5.27. The lowest BCUT2D eigenvalue weighted by molar-refractivity contribution is 0.901. The maximum Gasteiger partial charge on any atom is 0.163 e. The standard InChI is InChI=1S/C6H4ClN3S/c1-3-2-4-5(7)8-10-9-6(4)11-3/h2H,1H3. The normalized spacial score (nSPS) is 10.7. The number of thiophene rings is 1. The van der Waals surface area contributed by atoms with Gasteiger partial charge in [-0.25, -0.2) is 0 Å². The Morgan fingerprint density at radius 3 is 3.00 bits per heavy atom. The van der Waals surface area contributed by atoms with E-state index in [1.54, 1.807) is 11.3 Å². The monoisotopic (exact) mass is 185 g/mol. The summed E-state index contributed by atoms with van der Waals surface area (Å²) >= 11 is 7.33. The fourth-order valence-corrected chi connectivity index (χ4v) is 1.94. The van der Waals surface area contributed by atoms with Crippen molar-refractivity contribution < 1.29 is 0 Å². The zero-order chi connectivity index (χ0) is 7.84. The van der Waals surface area contributed by atoms with E-state index in [0.717, 1.165) is 10.2 Å². The molecule has 0 aliphatic rings. The van der Waals surface area contributed by atoms with Gasteiger partial charge in [0.25, 0.3) is 0 Å². The molecule has 2 aromatic rings. The topological polar surface area (TPSA) is 38.7 Å². The van der Waals surface area contributed by atoms with Crippen LogP contribution in [0.25, 0.3) is 10.2 Å². The summed E-state index contributed by atoms with van der Waals surface area (Å²) in [5.74, 6) is 0. The van der Waals surface area contributed by atoms with Crippen LogP contribution in [0.1, 0.15) is 4.88 Å². The van der Waals surface area contributed by atoms with Crippen LogP contribution in [0, 0.1) is 6.92 Å². The molecule has 0 N–H and O–H groups in total. The Labute approximate surface area is 72.0 Å². The Kier molecular flexibility index (Phi) is 1.51. The van der Waals surface area contributed by atoms with Gasteiger partial charge in [0.2, 0.25) is 0 Å². The molecule has 2 heterocycles. The largest absolute Gasteiger partial charge is 0.163 e. The van der Waals surface area contributed by atoms with E-state index in [1.165, 1.54) is 4.88 Å². The molecule has 0 aromatic carbocycles. The van der Waals surface area contributed by atoms with Gasteiger partial charge in [-0.2, -0.15) is 0 Å². The predicted molar refractivity (Wildman–Crippen MR) is 45.0 cm³/mol. The highest BCUT2D eigenvalue weighted by molar-refractivity contribution is 7.18. The molecule has 0 aliphatic carbocycles. The minimum atomic E-state index is 0.430. The first-order valence-corrected chi connectivity index (χ1v) is 4.22. The van der Waals surface area contributed by atoms with E-state index >= 15 is 0 Å². The molecule has 0 fully saturated rings. The smallest absolute Gasteiger partial charge is 0.119 e. The van der Waals surface area contributed by atoms with Crippen LogP contribution in [-0.2, 0) is 0 Å². The third-order valence-electron chi connectivity index (χ3n) is 1.33. The summed E-state index contributed by atoms with van der Waals surface area (Å²) in [6, 6.07) is 1.96. The lowest BCUT2D eigenvalue weighted by atomic mass is 10.4. The Bertz CT molecular complexity index is 398. The molecule has 56 valence electrons. The third kappa shape index (κ3) is 1.08. The Morgan fingerprint density at radius 2 is 2.27 bits per heavy atom. The van der Waals surface area contributed by atoms with Crippen molar-refractivity contribution in [1.29, 1.82) is 0 Å². The summed E-state index contributed by atoms with van der Waals surface area (Å²) in [7, 11) is 0. The van der Waals surface area contributed by atoms with Crippen LogP contribution in [0.15, 0.2) is 6.07 Å². The quantitative estimate of drug-likeness (QED) is 0.631. The van der Waals surface area contributed by atoms with Crippen molar-refractivity contribution in [2.75, 3.05) is 0 Å². The van der Waals surface area contributed by atoms with Crippen LogP contribution in [0.5, 0.6) is 0 Å². The van der Waals surface area contributed by atoms with Crippen LogP contribution >= 0.6 is 22.9 Å². The molecule has 11 heavy (non-hydrogen) atoms. The summed E-state index contributed by atoms with van der Waals surface area (Å²) in [4.78, 5) is 2.02. The lowest BCUT2D eigenvalue weighted by Gasteiger charge is -1.85. The van der Waals surface area contributed by atoms with Crippen LogP contribution in [-0.4, -0.2) is 15.4 Å². The van der Waals surface area contributed by atoms with Gasteiger partial charge >= 0.3 is 0 Å². The van der Waals surface area contributed by atoms with Crippen molar-refractivity contribution >= 4 is 33.2 Å². The Hall–Kier alpha value is -0.740. The van der Waals surface area contributed by atoms with Crippen molar-refractivity contribution in [3.8, 4) is 0 Å². The fraction of sp³-hybridized carbons (Fsp3) is 0.167. The Morgan fingerprint density at radius 1 is 1.45 bits per heavy atom. The zero-order valence-corrected chi connectivity index (χ0v) is 7.28. The predicted octanol–water partition coefficient (Wildman–Crippen LogP) is 2.05. The van der Waals surface area contributed by atoms with Gasteiger partial charge in [-0.1, -0.05) is 11.6 Å². The average molecular weight is 186 g/mol. The fourth-order valence-electron chi connectivity index (χ4n) is 0.880. The zero-order valence-electron chi connectivity index (χ0n) is 5.71. The van der Waals surface area contributed by atoms with E-state index in [-0.39, 0.29) is 0 Å². The molecule has 0 radical (unpaired) electrons. The number of aryl methyl sites for hydroxylation is 1. The van der Waals surface area contributed by atoms with Gasteiger partial charge in [-0.15, -0.1) is 21.5 Å². The summed E-state index contributed by atoms with van der Waals surface area (Å²) < 4.78 is 0. The molecular weight excluding hydrogens is 182 g/mol. The molecule has 0 bridgehead atoms. The molecule has 0 unspecified atom stereocenters. The first kappa shape index (κ1) is 6.94. The van der Waals surface area contributed by atoms with Crippen LogP contribution in [0.2, 0.25) is 5.15 Å². The second kappa shape index (κ2) is 2.39. The summed E-state index contributed by atoms with van der Waals surface area (Å²) in [6.45, 7) is 2.00. The second-order valence-corrected chi connectivity index (χ2v) is 3.75. The maximum atomic E-state index is 5.76. The SMILES string of the molecule is Cc1cc2c(Cl)nnnc2s1. The van der Waals surface area contributed by atoms with E-state index in [4.69, 9.17) is 11.6 Å². The minimum Gasteiger partial charge on any atom is -0.119 e. The van der Waals surface area contributed by atoms with Gasteiger partial charge < -0.3 is 0 Å². The van der Waals surface area contributed by atoms with Crippen LogP contribution in [0.4, 0.5) is 0 Å². The summed E-state index contributed by atoms with van der Waals surface area (Å²) in [5, 5.41) is 12.3. The molecule has 0 saturated carbocycles. The molecule has 0 aliphatic heterocycles. The van der Waals surface area contributed by atoms with E-state index in [1.807, 2.05) is 13.0 Å². The molecule has 0 saturated heterocycles. The third-order valence-corrected chi connectivity index (χ3v) is 2.54. The summed E-state index contributed by atoms with van der Waals surface area (Å²) in [6.07, 6.45) is 0. The van der Waals surface area contributed by atoms with Crippen molar-refractivity contribution in [3.63, 3.8) is 0 Å². The molecule has 2 aromatic heterocycles. The van der Waals surface area contributed by atoms with E-state index in [2.05, 4.69) is 15.4 Å². The van der Waals surface area contributed by atoms with Gasteiger partial charge in [0, 0.05) is 4.88 Å². The van der Waals surface area contributed by atoms with E-state index < -0.39 is 0 Å². The first-order valence-electron chi connectivity index (χ1n) is 3.02. The molecule has 0 amide bonds. The highest BCUT2D eigenvalue weighted by atomic mass is 35.5. The lowest BCUT2D eigenvalue weighted by Crippen LogP contribution is -1.84. The number of hydrogen-bond acceptors (Lipinski definition) is 4. The number of aromatic nitrogens is 3. The van der Waals surface area contributed by atoms with Gasteiger partial charge in [0.15, 0.2) is 9.98 Å². The van der Waals surface area contributed by atoms with Crippen molar-refractivity contribution in [2.24, 2.45) is 0 Å². The van der Waals surface area contributed by atoms with Gasteiger partial charge in [-0.3, -0.25) is 0 Å². The minimum absolute atomic E-state index is 0.430. The number of nitrogens with zero attached hydrogens (tertiary/aromatic N) is 3. The molecule has 0 atom stereocenters. The Balaban J connectivity index is 2.90. The van der Waals surface area contributed by atoms with Crippen molar-refractivity contribution in [1.82, 2.24) is 15.4 Å². The van der Waals surface area contributed by atoms with E-state index in [9.17, 15) is 0 Å². The number of fused-ring (bicyclic) bond motifs is 1. The van der Waals surface area contributed by atoms with Crippen molar-refractivity contribution in [2.45, 2.75) is 6.92 Å². The van der Waals surface area contributed by atoms with Gasteiger partial charge in [0.05, 0.1) is 5.39 Å². The van der Waals surface area contributed by atoms with Gasteiger partial charge in [-0.05, 0) is 18.2 Å². The number of hydrogen-bond donors (Lipinski definition) is 0. The van der Waals surface area contributed by atoms with Gasteiger partial charge in [0.1, 0.15) is 0 Å². The number of halogens is 1. The summed E-state index contributed by atoms with van der Waals surface area (Å²) in [5.41, 5.74) is 0. The molecule has 0 spiro atoms. The van der Waals surface area contributed by atoms with E-state index in [0.29, 0.717) is 5.15 Å². The highest BCUT2D eigenvalue weighted by Gasteiger charge is 2.04. The highest BCUT2D eigenvalue weighted by Crippen LogP contribution is 2.26. The average Bonchev–Trinajstić information content (AvgIpc) is 2.31. The second-order valence-electron chi connectivity index (χ2n) is 2.16. The molecular formula is C6H4ClN3S. The maximum absolute atomic E-state index is 5.76. The number of rotatable bonds is 0. The van der Waals surface area contributed by atoms with Crippen LogP contribution < -0.4 is 0 Å². The molecule has 5 heteroatoms. The van der Waals surface area contributed by atoms with Crippen molar-refractivity contribution in [3.05, 3.63) is 16.1 Å². The van der Waals surface area contributed by atoms with Crippen LogP contribution in [0.3, 0.4) is 0 Å². The molecule has 2 rings (SSSR count). The molecule has 3 nitrogen and oxygen atoms in total.